The standard InChI is InChI=1S/C9H10FN3O/c1-6-2-3-8(10)7(4-6)5-12-13-9(11)14/h2-5H,1H3,(H3,11,13,14). The first kappa shape index (κ1) is 10.2. The number of hydrazone groups is 1. The Morgan fingerprint density at radius 2 is 2.36 bits per heavy atom. The molecule has 3 N–H and O–H groups in total. The third kappa shape index (κ3) is 2.85. The van der Waals surface area contributed by atoms with Crippen LogP contribution in [0.1, 0.15) is 11.1 Å². The van der Waals surface area contributed by atoms with Crippen LogP contribution in [0, 0.1) is 12.7 Å². The molecule has 0 atom stereocenters. The van der Waals surface area contributed by atoms with Gasteiger partial charge in [0.2, 0.25) is 0 Å². The number of benzene rings is 1. The fourth-order valence-corrected chi connectivity index (χ4v) is 0.928. The number of nitrogens with two attached hydrogens (primary N) is 1. The largest absolute Gasteiger partial charge is 0.350 e. The molecule has 0 unspecified atom stereocenters. The topological polar surface area (TPSA) is 67.5 Å². The second-order valence-corrected chi connectivity index (χ2v) is 2.76. The molecule has 0 spiro atoms. The average molecular weight is 195 g/mol. The maximum Gasteiger partial charge on any atom is 0.332 e. The zero-order chi connectivity index (χ0) is 10.6. The van der Waals surface area contributed by atoms with Gasteiger partial charge in [0.15, 0.2) is 0 Å². The van der Waals surface area contributed by atoms with Crippen molar-refractivity contribution in [3.05, 3.63) is 35.1 Å². The molecule has 0 aromatic heterocycles. The molecule has 1 aromatic carbocycles. The van der Waals surface area contributed by atoms with Gasteiger partial charge in [0, 0.05) is 5.56 Å². The van der Waals surface area contributed by atoms with E-state index in [-0.39, 0.29) is 0 Å². The van der Waals surface area contributed by atoms with Crippen LogP contribution >= 0.6 is 0 Å². The molecule has 0 aliphatic rings. The number of amides is 2. The Morgan fingerprint density at radius 3 is 3.00 bits per heavy atom. The van der Waals surface area contributed by atoms with Gasteiger partial charge in [0.05, 0.1) is 6.21 Å². The molecule has 0 aliphatic carbocycles. The molecule has 4 nitrogen and oxygen atoms in total. The third-order valence-electron chi connectivity index (χ3n) is 1.53. The molecular weight excluding hydrogens is 185 g/mol. The fourth-order valence-electron chi connectivity index (χ4n) is 0.928. The highest BCUT2D eigenvalue weighted by Crippen LogP contribution is 2.07. The summed E-state index contributed by atoms with van der Waals surface area (Å²) in [5.74, 6) is -0.398. The van der Waals surface area contributed by atoms with Crippen molar-refractivity contribution in [1.29, 1.82) is 0 Å². The summed E-state index contributed by atoms with van der Waals surface area (Å²) in [6, 6.07) is 3.81. The molecule has 0 saturated carbocycles. The van der Waals surface area contributed by atoms with E-state index in [4.69, 9.17) is 5.73 Å². The summed E-state index contributed by atoms with van der Waals surface area (Å²) in [4.78, 5) is 10.2. The van der Waals surface area contributed by atoms with Gasteiger partial charge in [0.25, 0.3) is 0 Å². The monoisotopic (exact) mass is 195 g/mol. The lowest BCUT2D eigenvalue weighted by atomic mass is 10.1. The van der Waals surface area contributed by atoms with E-state index in [1.165, 1.54) is 12.3 Å². The van der Waals surface area contributed by atoms with Crippen LogP contribution in [0.4, 0.5) is 9.18 Å². The van der Waals surface area contributed by atoms with Crippen LogP contribution < -0.4 is 11.2 Å². The Balaban J connectivity index is 2.80. The number of nitrogens with zero attached hydrogens (tertiary/aromatic N) is 1. The lowest BCUT2D eigenvalue weighted by molar-refractivity contribution is 0.249. The number of halogens is 1. The number of nitrogens with one attached hydrogen (secondary N) is 1. The Bertz CT molecular complexity index is 376. The van der Waals surface area contributed by atoms with Gasteiger partial charge in [-0.15, -0.1) is 0 Å². The van der Waals surface area contributed by atoms with Crippen molar-refractivity contribution < 1.29 is 9.18 Å². The number of carbonyl (C=O) groups excluding carboxylic acids is 1. The highest BCUT2D eigenvalue weighted by molar-refractivity contribution is 5.81. The molecule has 5 heteroatoms. The van der Waals surface area contributed by atoms with Crippen LogP contribution in [0.3, 0.4) is 0 Å². The van der Waals surface area contributed by atoms with E-state index in [1.54, 1.807) is 12.1 Å². The normalized spacial score (nSPS) is 10.4. The number of urea groups is 1. The van der Waals surface area contributed by atoms with Gasteiger partial charge in [-0.3, -0.25) is 0 Å². The van der Waals surface area contributed by atoms with Crippen molar-refractivity contribution in [2.24, 2.45) is 10.8 Å². The summed E-state index contributed by atoms with van der Waals surface area (Å²) in [6.07, 6.45) is 1.20. The van der Waals surface area contributed by atoms with Crippen LogP contribution in [-0.4, -0.2) is 12.2 Å². The molecule has 0 bridgehead atoms. The zero-order valence-electron chi connectivity index (χ0n) is 7.62. The van der Waals surface area contributed by atoms with Crippen LogP contribution in [0.25, 0.3) is 0 Å². The molecule has 1 aromatic rings. The van der Waals surface area contributed by atoms with E-state index in [2.05, 4.69) is 5.10 Å². The Kier molecular flexibility index (Phi) is 3.17. The van der Waals surface area contributed by atoms with E-state index in [1.807, 2.05) is 12.3 Å². The fraction of sp³-hybridized carbons (Fsp3) is 0.111. The first-order chi connectivity index (χ1) is 6.59. The van der Waals surface area contributed by atoms with Crippen LogP contribution in [0.2, 0.25) is 0 Å². The molecule has 0 radical (unpaired) electrons. The second-order valence-electron chi connectivity index (χ2n) is 2.76. The van der Waals surface area contributed by atoms with E-state index < -0.39 is 11.8 Å². The number of primary amides is 1. The maximum absolute atomic E-state index is 13.1. The minimum Gasteiger partial charge on any atom is -0.350 e. The first-order valence-electron chi connectivity index (χ1n) is 3.94. The van der Waals surface area contributed by atoms with Gasteiger partial charge >= 0.3 is 6.03 Å². The molecule has 0 saturated heterocycles. The number of hydrogen-bond acceptors (Lipinski definition) is 2. The molecule has 0 aliphatic heterocycles. The molecule has 2 amide bonds. The van der Waals surface area contributed by atoms with Crippen molar-refractivity contribution in [3.63, 3.8) is 0 Å². The SMILES string of the molecule is Cc1ccc(F)c(C=NNC(N)=O)c1. The highest BCUT2D eigenvalue weighted by Gasteiger charge is 1.98. The van der Waals surface area contributed by atoms with E-state index in [9.17, 15) is 9.18 Å². The first-order valence-corrected chi connectivity index (χ1v) is 3.94. The summed E-state index contributed by atoms with van der Waals surface area (Å²) < 4.78 is 13.1. The average Bonchev–Trinajstić information content (AvgIpc) is 2.10. The molecular formula is C9H10FN3O. The predicted octanol–water partition coefficient (Wildman–Crippen LogP) is 1.14. The summed E-state index contributed by atoms with van der Waals surface area (Å²) in [7, 11) is 0. The summed E-state index contributed by atoms with van der Waals surface area (Å²) in [5.41, 5.74) is 7.96. The number of hydrogen-bond donors (Lipinski definition) is 2. The minimum absolute atomic E-state index is 0.304. The van der Waals surface area contributed by atoms with Gasteiger partial charge in [-0.1, -0.05) is 11.6 Å². The number of carbonyl (C=O) groups is 1. The van der Waals surface area contributed by atoms with E-state index >= 15 is 0 Å². The summed E-state index contributed by atoms with van der Waals surface area (Å²) in [5, 5.41) is 3.45. The van der Waals surface area contributed by atoms with Gasteiger partial charge in [0.1, 0.15) is 5.82 Å². The van der Waals surface area contributed by atoms with E-state index in [0.29, 0.717) is 5.56 Å². The summed E-state index contributed by atoms with van der Waals surface area (Å²) in [6.45, 7) is 1.83. The Morgan fingerprint density at radius 1 is 1.64 bits per heavy atom. The van der Waals surface area contributed by atoms with Crippen molar-refractivity contribution in [2.75, 3.05) is 0 Å². The summed E-state index contributed by atoms with van der Waals surface area (Å²) >= 11 is 0. The smallest absolute Gasteiger partial charge is 0.332 e. The van der Waals surface area contributed by atoms with Crippen molar-refractivity contribution in [1.82, 2.24) is 5.43 Å². The van der Waals surface area contributed by atoms with Crippen LogP contribution in [-0.2, 0) is 0 Å². The van der Waals surface area contributed by atoms with Gasteiger partial charge in [-0.25, -0.2) is 14.6 Å². The van der Waals surface area contributed by atoms with Crippen LogP contribution in [0.15, 0.2) is 23.3 Å². The maximum atomic E-state index is 13.1. The third-order valence-corrected chi connectivity index (χ3v) is 1.53. The Labute approximate surface area is 80.6 Å². The lowest BCUT2D eigenvalue weighted by Gasteiger charge is -1.97. The van der Waals surface area contributed by atoms with Crippen molar-refractivity contribution >= 4 is 12.2 Å². The van der Waals surface area contributed by atoms with Gasteiger partial charge in [-0.2, -0.15) is 5.10 Å². The molecule has 0 heterocycles. The quantitative estimate of drug-likeness (QED) is 0.539. The van der Waals surface area contributed by atoms with Crippen LogP contribution in [0.5, 0.6) is 0 Å². The number of rotatable bonds is 2. The predicted molar refractivity (Wildman–Crippen MR) is 51.5 cm³/mol. The molecule has 1 rings (SSSR count). The molecule has 14 heavy (non-hydrogen) atoms. The lowest BCUT2D eigenvalue weighted by Crippen LogP contribution is -2.24. The molecule has 74 valence electrons. The van der Waals surface area contributed by atoms with E-state index in [0.717, 1.165) is 5.56 Å². The van der Waals surface area contributed by atoms with Gasteiger partial charge < -0.3 is 5.73 Å². The highest BCUT2D eigenvalue weighted by atomic mass is 19.1. The minimum atomic E-state index is -0.783. The van der Waals surface area contributed by atoms with Crippen molar-refractivity contribution in [3.8, 4) is 0 Å². The van der Waals surface area contributed by atoms with Gasteiger partial charge in [-0.05, 0) is 19.1 Å². The zero-order valence-corrected chi connectivity index (χ0v) is 7.62. The second kappa shape index (κ2) is 4.36. The van der Waals surface area contributed by atoms with Crippen molar-refractivity contribution in [2.45, 2.75) is 6.92 Å². The Hall–Kier alpha value is -1.91. The molecule has 0 fully saturated rings. The number of aryl methyl sites for hydroxylation is 1.